The van der Waals surface area contributed by atoms with Crippen LogP contribution in [0.2, 0.25) is 5.02 Å². The van der Waals surface area contributed by atoms with Crippen LogP contribution in [0.1, 0.15) is 23.7 Å². The molecule has 0 fully saturated rings. The average Bonchev–Trinajstić information content (AvgIpc) is 2.49. The van der Waals surface area contributed by atoms with Gasteiger partial charge in [0, 0.05) is 18.4 Å². The highest BCUT2D eigenvalue weighted by molar-refractivity contribution is 6.31. The first-order valence-electron chi connectivity index (χ1n) is 6.56. The Morgan fingerprint density at radius 2 is 2.19 bits per heavy atom. The summed E-state index contributed by atoms with van der Waals surface area (Å²) in [5.41, 5.74) is 1.56. The number of carbonyl (C=O) groups is 1. The van der Waals surface area contributed by atoms with Gasteiger partial charge in [-0.25, -0.2) is 4.39 Å². The SMILES string of the molecule is CCCNc1cnccc1C(=O)Nc1ccc(F)c(Cl)c1. The predicted octanol–water partition coefficient (Wildman–Crippen LogP) is 3.95. The van der Waals surface area contributed by atoms with E-state index in [1.807, 2.05) is 6.92 Å². The Labute approximate surface area is 127 Å². The zero-order valence-corrected chi connectivity index (χ0v) is 12.2. The molecule has 2 aromatic rings. The van der Waals surface area contributed by atoms with Crippen LogP contribution in [-0.4, -0.2) is 17.4 Å². The molecule has 0 radical (unpaired) electrons. The van der Waals surface area contributed by atoms with Gasteiger partial charge in [-0.05, 0) is 30.7 Å². The fraction of sp³-hybridized carbons (Fsp3) is 0.200. The van der Waals surface area contributed by atoms with Crippen molar-refractivity contribution in [1.29, 1.82) is 0 Å². The molecule has 0 aliphatic heterocycles. The highest BCUT2D eigenvalue weighted by atomic mass is 35.5. The molecule has 6 heteroatoms. The molecule has 0 atom stereocenters. The molecule has 0 aliphatic rings. The van der Waals surface area contributed by atoms with Crippen molar-refractivity contribution in [1.82, 2.24) is 4.98 Å². The minimum atomic E-state index is -0.524. The second-order valence-corrected chi connectivity index (χ2v) is 4.84. The minimum Gasteiger partial charge on any atom is -0.383 e. The van der Waals surface area contributed by atoms with Crippen molar-refractivity contribution < 1.29 is 9.18 Å². The molecule has 0 saturated carbocycles. The van der Waals surface area contributed by atoms with Crippen LogP contribution < -0.4 is 10.6 Å². The molecular weight excluding hydrogens is 293 g/mol. The lowest BCUT2D eigenvalue weighted by molar-refractivity contribution is 0.102. The third-order valence-electron chi connectivity index (χ3n) is 2.81. The number of hydrogen-bond acceptors (Lipinski definition) is 3. The standard InChI is InChI=1S/C15H15ClFN3O/c1-2-6-19-14-9-18-7-5-11(14)15(21)20-10-3-4-13(17)12(16)8-10/h3-5,7-9,19H,2,6H2,1H3,(H,20,21). The van der Waals surface area contributed by atoms with Gasteiger partial charge in [-0.1, -0.05) is 18.5 Å². The van der Waals surface area contributed by atoms with Gasteiger partial charge in [-0.3, -0.25) is 9.78 Å². The number of benzene rings is 1. The van der Waals surface area contributed by atoms with Gasteiger partial charge < -0.3 is 10.6 Å². The number of aromatic nitrogens is 1. The minimum absolute atomic E-state index is 0.0353. The third kappa shape index (κ3) is 3.92. The van der Waals surface area contributed by atoms with Crippen LogP contribution in [0.15, 0.2) is 36.7 Å². The molecule has 21 heavy (non-hydrogen) atoms. The summed E-state index contributed by atoms with van der Waals surface area (Å²) in [5, 5.41) is 5.79. The molecule has 1 aromatic heterocycles. The summed E-state index contributed by atoms with van der Waals surface area (Å²) in [7, 11) is 0. The van der Waals surface area contributed by atoms with Crippen molar-refractivity contribution in [2.24, 2.45) is 0 Å². The Morgan fingerprint density at radius 3 is 2.90 bits per heavy atom. The van der Waals surface area contributed by atoms with Crippen LogP contribution in [0.4, 0.5) is 15.8 Å². The summed E-state index contributed by atoms with van der Waals surface area (Å²) in [6.45, 7) is 2.78. The van der Waals surface area contributed by atoms with Crippen LogP contribution in [0.3, 0.4) is 0 Å². The lowest BCUT2D eigenvalue weighted by Crippen LogP contribution is -2.15. The lowest BCUT2D eigenvalue weighted by Gasteiger charge is -2.11. The molecule has 1 heterocycles. The Balaban J connectivity index is 2.18. The van der Waals surface area contributed by atoms with E-state index in [1.54, 1.807) is 18.5 Å². The smallest absolute Gasteiger partial charge is 0.257 e. The van der Waals surface area contributed by atoms with E-state index in [0.29, 0.717) is 16.9 Å². The first-order valence-corrected chi connectivity index (χ1v) is 6.94. The first-order chi connectivity index (χ1) is 10.1. The van der Waals surface area contributed by atoms with Crippen LogP contribution in [0, 0.1) is 5.82 Å². The monoisotopic (exact) mass is 307 g/mol. The molecule has 0 bridgehead atoms. The van der Waals surface area contributed by atoms with Crippen molar-refractivity contribution in [3.8, 4) is 0 Å². The summed E-state index contributed by atoms with van der Waals surface area (Å²) in [6, 6.07) is 5.66. The van der Waals surface area contributed by atoms with E-state index in [0.717, 1.165) is 13.0 Å². The third-order valence-corrected chi connectivity index (χ3v) is 3.10. The second kappa shape index (κ2) is 7.04. The summed E-state index contributed by atoms with van der Waals surface area (Å²) >= 11 is 5.69. The summed E-state index contributed by atoms with van der Waals surface area (Å²) in [6.07, 6.45) is 4.08. The van der Waals surface area contributed by atoms with Crippen molar-refractivity contribution in [3.05, 3.63) is 53.1 Å². The predicted molar refractivity (Wildman–Crippen MR) is 82.4 cm³/mol. The number of carbonyl (C=O) groups excluding carboxylic acids is 1. The van der Waals surface area contributed by atoms with E-state index in [4.69, 9.17) is 11.6 Å². The van der Waals surface area contributed by atoms with Crippen molar-refractivity contribution >= 4 is 28.9 Å². The summed E-state index contributed by atoms with van der Waals surface area (Å²) < 4.78 is 13.1. The van der Waals surface area contributed by atoms with Crippen molar-refractivity contribution in [2.75, 3.05) is 17.2 Å². The molecule has 2 N–H and O–H groups in total. The van der Waals surface area contributed by atoms with Gasteiger partial charge in [0.15, 0.2) is 0 Å². The van der Waals surface area contributed by atoms with Gasteiger partial charge in [0.2, 0.25) is 0 Å². The maximum absolute atomic E-state index is 13.1. The maximum atomic E-state index is 13.1. The Bertz CT molecular complexity index is 649. The average molecular weight is 308 g/mol. The molecule has 0 spiro atoms. The quantitative estimate of drug-likeness (QED) is 0.879. The van der Waals surface area contributed by atoms with E-state index in [-0.39, 0.29) is 10.9 Å². The fourth-order valence-corrected chi connectivity index (χ4v) is 1.95. The molecule has 2 rings (SSSR count). The van der Waals surface area contributed by atoms with Gasteiger partial charge in [0.25, 0.3) is 5.91 Å². The van der Waals surface area contributed by atoms with Crippen molar-refractivity contribution in [2.45, 2.75) is 13.3 Å². The Kier molecular flexibility index (Phi) is 5.11. The second-order valence-electron chi connectivity index (χ2n) is 4.43. The summed E-state index contributed by atoms with van der Waals surface area (Å²) in [4.78, 5) is 16.3. The number of amides is 1. The largest absolute Gasteiger partial charge is 0.383 e. The highest BCUT2D eigenvalue weighted by Crippen LogP contribution is 2.21. The normalized spacial score (nSPS) is 10.2. The van der Waals surface area contributed by atoms with Gasteiger partial charge in [-0.2, -0.15) is 0 Å². The Hall–Kier alpha value is -2.14. The number of anilines is 2. The zero-order chi connectivity index (χ0) is 15.2. The first kappa shape index (κ1) is 15.3. The molecule has 4 nitrogen and oxygen atoms in total. The van der Waals surface area contributed by atoms with Gasteiger partial charge in [0.05, 0.1) is 22.5 Å². The molecule has 110 valence electrons. The van der Waals surface area contributed by atoms with E-state index >= 15 is 0 Å². The maximum Gasteiger partial charge on any atom is 0.257 e. The number of rotatable bonds is 5. The Morgan fingerprint density at radius 1 is 1.38 bits per heavy atom. The molecule has 0 saturated heterocycles. The van der Waals surface area contributed by atoms with Crippen LogP contribution >= 0.6 is 11.6 Å². The molecule has 1 amide bonds. The highest BCUT2D eigenvalue weighted by Gasteiger charge is 2.12. The number of hydrogen-bond donors (Lipinski definition) is 2. The van der Waals surface area contributed by atoms with Crippen LogP contribution in [0.5, 0.6) is 0 Å². The van der Waals surface area contributed by atoms with Crippen molar-refractivity contribution in [3.63, 3.8) is 0 Å². The van der Waals surface area contributed by atoms with Crippen LogP contribution in [-0.2, 0) is 0 Å². The molecule has 0 unspecified atom stereocenters. The number of nitrogens with one attached hydrogen (secondary N) is 2. The zero-order valence-electron chi connectivity index (χ0n) is 11.5. The van der Waals surface area contributed by atoms with Crippen LogP contribution in [0.25, 0.3) is 0 Å². The van der Waals surface area contributed by atoms with Gasteiger partial charge >= 0.3 is 0 Å². The van der Waals surface area contributed by atoms with E-state index in [2.05, 4.69) is 15.6 Å². The van der Waals surface area contributed by atoms with E-state index < -0.39 is 5.82 Å². The van der Waals surface area contributed by atoms with E-state index in [1.165, 1.54) is 18.2 Å². The van der Waals surface area contributed by atoms with Gasteiger partial charge in [-0.15, -0.1) is 0 Å². The van der Waals surface area contributed by atoms with Gasteiger partial charge in [0.1, 0.15) is 5.82 Å². The lowest BCUT2D eigenvalue weighted by atomic mass is 10.2. The number of halogens is 2. The molecule has 1 aromatic carbocycles. The molecular formula is C15H15ClFN3O. The van der Waals surface area contributed by atoms with E-state index in [9.17, 15) is 9.18 Å². The fourth-order valence-electron chi connectivity index (χ4n) is 1.77. The topological polar surface area (TPSA) is 54.0 Å². The summed E-state index contributed by atoms with van der Waals surface area (Å²) in [5.74, 6) is -0.831. The molecule has 0 aliphatic carbocycles. The number of nitrogens with zero attached hydrogens (tertiary/aromatic N) is 1. The number of pyridine rings is 1.